The van der Waals surface area contributed by atoms with Gasteiger partial charge in [0.15, 0.2) is 11.5 Å². The van der Waals surface area contributed by atoms with E-state index in [-0.39, 0.29) is 28.8 Å². The van der Waals surface area contributed by atoms with Crippen LogP contribution in [0.15, 0.2) is 41.3 Å². The van der Waals surface area contributed by atoms with Gasteiger partial charge in [-0.05, 0) is 48.2 Å². The van der Waals surface area contributed by atoms with Crippen LogP contribution >= 0.6 is 11.8 Å². The number of phenolic OH excluding ortho intramolecular Hbond substituents is 2. The largest absolute Gasteiger partial charge is 0.508 e. The number of ether oxygens (including phenoxy) is 2. The average Bonchev–Trinajstić information content (AvgIpc) is 3.24. The smallest absolute Gasteiger partial charge is 0.294 e. The van der Waals surface area contributed by atoms with Crippen molar-refractivity contribution >= 4 is 40.6 Å². The zero-order valence-corrected chi connectivity index (χ0v) is 15.6. The van der Waals surface area contributed by atoms with Gasteiger partial charge in [-0.1, -0.05) is 0 Å². The number of aromatic hydroxyl groups is 2. The van der Waals surface area contributed by atoms with Gasteiger partial charge in [-0.25, -0.2) is 0 Å². The Bertz CT molecular complexity index is 1070. The zero-order valence-electron chi connectivity index (χ0n) is 14.7. The van der Waals surface area contributed by atoms with E-state index in [1.165, 1.54) is 24.3 Å². The molecule has 1 saturated heterocycles. The van der Waals surface area contributed by atoms with E-state index in [4.69, 9.17) is 9.47 Å². The number of fused-ring (bicyclic) bond motifs is 1. The molecular formula is C19H14N2O7S. The number of carbonyl (C=O) groups excluding carboxylic acids is 3. The maximum absolute atomic E-state index is 12.5. The summed E-state index contributed by atoms with van der Waals surface area (Å²) < 4.78 is 10.4. The Hall–Kier alpha value is -3.66. The summed E-state index contributed by atoms with van der Waals surface area (Å²) in [6.45, 7) is -0.368. The summed E-state index contributed by atoms with van der Waals surface area (Å²) in [7, 11) is 0. The summed E-state index contributed by atoms with van der Waals surface area (Å²) in [5, 5.41) is 21.3. The first-order valence-corrected chi connectivity index (χ1v) is 9.19. The lowest BCUT2D eigenvalue weighted by atomic mass is 10.1. The van der Waals surface area contributed by atoms with Gasteiger partial charge in [0.1, 0.15) is 18.0 Å². The first kappa shape index (κ1) is 18.7. The molecule has 2 aromatic carbocycles. The number of hydrogen-bond acceptors (Lipinski definition) is 8. The maximum atomic E-state index is 12.5. The number of nitrogens with zero attached hydrogens (tertiary/aromatic N) is 1. The summed E-state index contributed by atoms with van der Waals surface area (Å²) in [4.78, 5) is 37.8. The fraction of sp³-hybridized carbons (Fsp3) is 0.105. The quantitative estimate of drug-likeness (QED) is 0.515. The van der Waals surface area contributed by atoms with E-state index in [1.54, 1.807) is 18.2 Å². The lowest BCUT2D eigenvalue weighted by molar-refractivity contribution is -0.127. The van der Waals surface area contributed by atoms with Crippen LogP contribution in [-0.4, -0.2) is 45.5 Å². The molecule has 0 bridgehead atoms. The number of phenols is 2. The van der Waals surface area contributed by atoms with Crippen molar-refractivity contribution in [1.29, 1.82) is 0 Å². The zero-order chi connectivity index (χ0) is 20.5. The second-order valence-electron chi connectivity index (χ2n) is 6.13. The molecule has 2 aliphatic rings. The molecule has 29 heavy (non-hydrogen) atoms. The van der Waals surface area contributed by atoms with Gasteiger partial charge in [-0.2, -0.15) is 0 Å². The number of anilines is 1. The molecule has 9 nitrogen and oxygen atoms in total. The van der Waals surface area contributed by atoms with Crippen molar-refractivity contribution in [2.24, 2.45) is 0 Å². The third-order valence-electron chi connectivity index (χ3n) is 4.13. The van der Waals surface area contributed by atoms with Crippen LogP contribution in [-0.2, 0) is 9.59 Å². The average molecular weight is 414 g/mol. The van der Waals surface area contributed by atoms with Crippen molar-refractivity contribution in [2.75, 3.05) is 18.7 Å². The number of benzene rings is 2. The van der Waals surface area contributed by atoms with Gasteiger partial charge >= 0.3 is 0 Å². The van der Waals surface area contributed by atoms with Crippen LogP contribution < -0.4 is 14.8 Å². The number of amides is 3. The minimum absolute atomic E-state index is 0.0341. The Balaban J connectivity index is 1.45. The van der Waals surface area contributed by atoms with Crippen molar-refractivity contribution in [3.63, 3.8) is 0 Å². The number of hydrogen-bond donors (Lipinski definition) is 3. The normalized spacial score (nSPS) is 16.6. The number of nitrogens with one attached hydrogen (secondary N) is 1. The number of rotatable bonds is 4. The first-order chi connectivity index (χ1) is 13.9. The Kier molecular flexibility index (Phi) is 4.77. The van der Waals surface area contributed by atoms with E-state index in [9.17, 15) is 24.6 Å². The Morgan fingerprint density at radius 2 is 1.93 bits per heavy atom. The lowest BCUT2D eigenvalue weighted by Gasteiger charge is -2.12. The van der Waals surface area contributed by atoms with E-state index in [0.29, 0.717) is 28.9 Å². The third-order valence-corrected chi connectivity index (χ3v) is 5.04. The highest BCUT2D eigenvalue weighted by Crippen LogP contribution is 2.36. The second-order valence-corrected chi connectivity index (χ2v) is 7.12. The molecule has 0 unspecified atom stereocenters. The highest BCUT2D eigenvalue weighted by molar-refractivity contribution is 8.18. The monoisotopic (exact) mass is 414 g/mol. The summed E-state index contributed by atoms with van der Waals surface area (Å²) in [5.74, 6) is -0.431. The molecule has 0 aromatic heterocycles. The topological polar surface area (TPSA) is 125 Å². The van der Waals surface area contributed by atoms with Crippen molar-refractivity contribution < 1.29 is 34.1 Å². The SMILES string of the molecule is O=C(CN1C(=O)SC(=Cc2cc(O)ccc2O)C1=O)Nc1ccc2c(c1)OCO2. The van der Waals surface area contributed by atoms with Crippen molar-refractivity contribution in [1.82, 2.24) is 4.90 Å². The number of thioether (sulfide) groups is 1. The molecule has 2 aliphatic heterocycles. The van der Waals surface area contributed by atoms with E-state index in [0.717, 1.165) is 4.90 Å². The lowest BCUT2D eigenvalue weighted by Crippen LogP contribution is -2.36. The molecule has 0 aliphatic carbocycles. The van der Waals surface area contributed by atoms with Gasteiger partial charge < -0.3 is 25.0 Å². The van der Waals surface area contributed by atoms with Gasteiger partial charge in [0.25, 0.3) is 11.1 Å². The summed E-state index contributed by atoms with van der Waals surface area (Å²) >= 11 is 0.645. The van der Waals surface area contributed by atoms with Gasteiger partial charge in [-0.3, -0.25) is 19.3 Å². The molecule has 3 N–H and O–H groups in total. The van der Waals surface area contributed by atoms with Gasteiger partial charge in [-0.15, -0.1) is 0 Å². The fourth-order valence-electron chi connectivity index (χ4n) is 2.75. The highest BCUT2D eigenvalue weighted by atomic mass is 32.2. The standard InChI is InChI=1S/C19H14N2O7S/c22-12-2-3-13(23)10(5-12)6-16-18(25)21(19(26)29-16)8-17(24)20-11-1-4-14-15(7-11)28-9-27-14/h1-7,22-23H,8-9H2,(H,20,24). The fourth-order valence-corrected chi connectivity index (χ4v) is 3.58. The molecule has 10 heteroatoms. The van der Waals surface area contributed by atoms with Crippen LogP contribution in [0.3, 0.4) is 0 Å². The summed E-state index contributed by atoms with van der Waals surface area (Å²) in [5.41, 5.74) is 0.617. The van der Waals surface area contributed by atoms with Crippen LogP contribution in [0.25, 0.3) is 6.08 Å². The second kappa shape index (κ2) is 7.40. The molecule has 0 spiro atoms. The number of imide groups is 1. The van der Waals surface area contributed by atoms with E-state index in [1.807, 2.05) is 0 Å². The van der Waals surface area contributed by atoms with Crippen LogP contribution in [0.1, 0.15) is 5.56 Å². The molecule has 2 aromatic rings. The molecule has 0 saturated carbocycles. The van der Waals surface area contributed by atoms with Crippen molar-refractivity contribution in [2.45, 2.75) is 0 Å². The molecule has 3 amide bonds. The van der Waals surface area contributed by atoms with Gasteiger partial charge in [0.05, 0.1) is 4.91 Å². The van der Waals surface area contributed by atoms with E-state index < -0.39 is 23.6 Å². The Labute approximate surface area is 168 Å². The highest BCUT2D eigenvalue weighted by Gasteiger charge is 2.36. The third kappa shape index (κ3) is 3.83. The van der Waals surface area contributed by atoms with E-state index in [2.05, 4.69) is 5.32 Å². The van der Waals surface area contributed by atoms with Crippen molar-refractivity contribution in [3.05, 3.63) is 46.9 Å². The number of carbonyl (C=O) groups is 3. The molecular weight excluding hydrogens is 400 g/mol. The summed E-state index contributed by atoms with van der Waals surface area (Å²) in [6, 6.07) is 8.66. The van der Waals surface area contributed by atoms with Gasteiger partial charge in [0, 0.05) is 17.3 Å². The molecule has 0 radical (unpaired) electrons. The minimum Gasteiger partial charge on any atom is -0.508 e. The predicted octanol–water partition coefficient (Wildman–Crippen LogP) is 2.50. The van der Waals surface area contributed by atoms with E-state index >= 15 is 0 Å². The van der Waals surface area contributed by atoms with Crippen LogP contribution in [0.4, 0.5) is 10.5 Å². The first-order valence-electron chi connectivity index (χ1n) is 8.37. The van der Waals surface area contributed by atoms with Crippen LogP contribution in [0.2, 0.25) is 0 Å². The molecule has 0 atom stereocenters. The van der Waals surface area contributed by atoms with Gasteiger partial charge in [0.2, 0.25) is 12.7 Å². The summed E-state index contributed by atoms with van der Waals surface area (Å²) in [6.07, 6.45) is 1.29. The predicted molar refractivity (Wildman–Crippen MR) is 104 cm³/mol. The van der Waals surface area contributed by atoms with Crippen molar-refractivity contribution in [3.8, 4) is 23.0 Å². The van der Waals surface area contributed by atoms with Crippen LogP contribution in [0, 0.1) is 0 Å². The minimum atomic E-state index is -0.663. The van der Waals surface area contributed by atoms with Crippen LogP contribution in [0.5, 0.6) is 23.0 Å². The molecule has 4 rings (SSSR count). The molecule has 148 valence electrons. The maximum Gasteiger partial charge on any atom is 0.294 e. The molecule has 1 fully saturated rings. The molecule has 2 heterocycles. The Morgan fingerprint density at radius 3 is 2.76 bits per heavy atom. The Morgan fingerprint density at radius 1 is 1.14 bits per heavy atom.